The molecule has 200 valence electrons. The number of hydrogen-bond donors (Lipinski definition) is 1. The van der Waals surface area contributed by atoms with Gasteiger partial charge in [-0.15, -0.1) is 0 Å². The van der Waals surface area contributed by atoms with E-state index in [2.05, 4.69) is 27.3 Å². The summed E-state index contributed by atoms with van der Waals surface area (Å²) in [6.45, 7) is 9.08. The number of cyclic esters (lactones) is 1. The third-order valence-electron chi connectivity index (χ3n) is 7.05. The Morgan fingerprint density at radius 3 is 2.61 bits per heavy atom. The Balaban J connectivity index is 1.28. The Kier molecular flexibility index (Phi) is 9.04. The van der Waals surface area contributed by atoms with E-state index in [0.717, 1.165) is 45.8 Å². The SMILES string of the molecule is CN1CCN(CCN2CCN(c3ccc(N4C[C@H](CCC(=O)C(F)F)OC4=O)cc3F)CCN2)CC1. The third-order valence-corrected chi connectivity index (χ3v) is 7.05. The summed E-state index contributed by atoms with van der Waals surface area (Å²) in [5.41, 5.74) is 4.24. The Morgan fingerprint density at radius 2 is 1.89 bits per heavy atom. The summed E-state index contributed by atoms with van der Waals surface area (Å²) < 4.78 is 45.1. The molecular formula is C24H35F3N6O3. The van der Waals surface area contributed by atoms with E-state index in [4.69, 9.17) is 4.74 Å². The minimum Gasteiger partial charge on any atom is -0.444 e. The molecule has 12 heteroatoms. The average molecular weight is 513 g/mol. The van der Waals surface area contributed by atoms with Gasteiger partial charge in [0.15, 0.2) is 5.78 Å². The number of alkyl halides is 2. The molecule has 0 aliphatic carbocycles. The fourth-order valence-corrected chi connectivity index (χ4v) is 4.76. The van der Waals surface area contributed by atoms with Crippen LogP contribution in [0.2, 0.25) is 0 Å². The molecule has 1 amide bonds. The van der Waals surface area contributed by atoms with Crippen LogP contribution in [0.4, 0.5) is 29.3 Å². The molecular weight excluding hydrogens is 477 g/mol. The van der Waals surface area contributed by atoms with Gasteiger partial charge < -0.3 is 14.5 Å². The maximum Gasteiger partial charge on any atom is 0.414 e. The molecule has 1 aromatic carbocycles. The molecule has 3 heterocycles. The lowest BCUT2D eigenvalue weighted by atomic mass is 10.1. The Bertz CT molecular complexity index is 915. The van der Waals surface area contributed by atoms with E-state index in [0.29, 0.717) is 31.0 Å². The number of carbonyl (C=O) groups excluding carboxylic acids is 2. The van der Waals surface area contributed by atoms with Crippen LogP contribution >= 0.6 is 0 Å². The molecule has 9 nitrogen and oxygen atoms in total. The highest BCUT2D eigenvalue weighted by molar-refractivity contribution is 5.90. The number of carbonyl (C=O) groups is 2. The van der Waals surface area contributed by atoms with Crippen LogP contribution < -0.4 is 15.2 Å². The Morgan fingerprint density at radius 1 is 1.11 bits per heavy atom. The van der Waals surface area contributed by atoms with E-state index in [1.165, 1.54) is 11.0 Å². The molecule has 1 N–H and O–H groups in total. The highest BCUT2D eigenvalue weighted by Gasteiger charge is 2.33. The zero-order chi connectivity index (χ0) is 25.7. The number of amides is 1. The van der Waals surface area contributed by atoms with Gasteiger partial charge in [0.25, 0.3) is 6.43 Å². The number of hydrogen-bond acceptors (Lipinski definition) is 8. The second kappa shape index (κ2) is 12.2. The molecule has 0 aromatic heterocycles. The lowest BCUT2D eigenvalue weighted by molar-refractivity contribution is -0.129. The first-order chi connectivity index (χ1) is 17.3. The number of likely N-dealkylation sites (N-methyl/N-ethyl adjacent to an activating group) is 1. The van der Waals surface area contributed by atoms with E-state index >= 15 is 4.39 Å². The van der Waals surface area contributed by atoms with Crippen LogP contribution in [0.1, 0.15) is 12.8 Å². The first kappa shape index (κ1) is 26.6. The number of piperazine rings is 1. The highest BCUT2D eigenvalue weighted by Crippen LogP contribution is 2.29. The van der Waals surface area contributed by atoms with Gasteiger partial charge in [0, 0.05) is 71.9 Å². The van der Waals surface area contributed by atoms with E-state index < -0.39 is 30.2 Å². The van der Waals surface area contributed by atoms with Crippen molar-refractivity contribution in [2.24, 2.45) is 0 Å². The van der Waals surface area contributed by atoms with E-state index in [-0.39, 0.29) is 19.4 Å². The van der Waals surface area contributed by atoms with Crippen molar-refractivity contribution >= 4 is 23.3 Å². The first-order valence-electron chi connectivity index (χ1n) is 12.5. The number of benzene rings is 1. The van der Waals surface area contributed by atoms with Crippen LogP contribution in [0.15, 0.2) is 18.2 Å². The van der Waals surface area contributed by atoms with Crippen LogP contribution in [-0.2, 0) is 9.53 Å². The summed E-state index contributed by atoms with van der Waals surface area (Å²) in [5, 5.41) is 2.20. The molecule has 0 spiro atoms. The molecule has 0 bridgehead atoms. The van der Waals surface area contributed by atoms with Gasteiger partial charge in [0.2, 0.25) is 0 Å². The molecule has 3 saturated heterocycles. The molecule has 0 radical (unpaired) electrons. The molecule has 3 aliphatic rings. The van der Waals surface area contributed by atoms with Gasteiger partial charge in [-0.25, -0.2) is 23.0 Å². The normalized spacial score (nSPS) is 22.8. The molecule has 4 rings (SSSR count). The van der Waals surface area contributed by atoms with Gasteiger partial charge >= 0.3 is 6.09 Å². The van der Waals surface area contributed by atoms with Gasteiger partial charge in [-0.1, -0.05) is 0 Å². The zero-order valence-corrected chi connectivity index (χ0v) is 20.7. The molecule has 36 heavy (non-hydrogen) atoms. The minimum atomic E-state index is -3.03. The number of hydrazine groups is 1. The van der Waals surface area contributed by atoms with Crippen molar-refractivity contribution in [3.63, 3.8) is 0 Å². The Labute approximate surface area is 209 Å². The Hall–Kier alpha value is -2.41. The topological polar surface area (TPSA) is 71.6 Å². The number of nitrogens with zero attached hydrogens (tertiary/aromatic N) is 5. The maximum absolute atomic E-state index is 15.1. The summed E-state index contributed by atoms with van der Waals surface area (Å²) in [6.07, 6.45) is -4.74. The van der Waals surface area contributed by atoms with Crippen molar-refractivity contribution in [3.8, 4) is 0 Å². The number of nitrogens with one attached hydrogen (secondary N) is 1. The summed E-state index contributed by atoms with van der Waals surface area (Å²) >= 11 is 0. The average Bonchev–Trinajstić information content (AvgIpc) is 3.07. The van der Waals surface area contributed by atoms with Crippen molar-refractivity contribution < 1.29 is 27.5 Å². The lowest BCUT2D eigenvalue weighted by Crippen LogP contribution is -2.49. The number of Topliss-reactive ketones (excluding diaryl/α,β-unsaturated/α-hetero) is 1. The van der Waals surface area contributed by atoms with Gasteiger partial charge in [-0.2, -0.15) is 0 Å². The maximum atomic E-state index is 15.1. The first-order valence-corrected chi connectivity index (χ1v) is 12.5. The highest BCUT2D eigenvalue weighted by atomic mass is 19.3. The molecule has 1 aromatic rings. The summed E-state index contributed by atoms with van der Waals surface area (Å²) in [5.74, 6) is -1.62. The van der Waals surface area contributed by atoms with Crippen LogP contribution in [0.3, 0.4) is 0 Å². The number of rotatable bonds is 9. The van der Waals surface area contributed by atoms with E-state index in [1.54, 1.807) is 12.1 Å². The van der Waals surface area contributed by atoms with E-state index in [9.17, 15) is 18.4 Å². The van der Waals surface area contributed by atoms with Crippen molar-refractivity contribution in [1.82, 2.24) is 20.2 Å². The number of anilines is 2. The predicted octanol–water partition coefficient (Wildman–Crippen LogP) is 1.64. The fourth-order valence-electron chi connectivity index (χ4n) is 4.76. The smallest absolute Gasteiger partial charge is 0.414 e. The van der Waals surface area contributed by atoms with Crippen LogP contribution in [0.25, 0.3) is 0 Å². The van der Waals surface area contributed by atoms with Crippen molar-refractivity contribution in [2.45, 2.75) is 25.4 Å². The number of ether oxygens (including phenoxy) is 1. The summed E-state index contributed by atoms with van der Waals surface area (Å²) in [6, 6.07) is 4.62. The fraction of sp³-hybridized carbons (Fsp3) is 0.667. The van der Waals surface area contributed by atoms with Crippen molar-refractivity contribution in [2.75, 3.05) is 88.8 Å². The largest absolute Gasteiger partial charge is 0.444 e. The third kappa shape index (κ3) is 6.87. The van der Waals surface area contributed by atoms with Gasteiger partial charge in [0.05, 0.1) is 17.9 Å². The monoisotopic (exact) mass is 512 g/mol. The second-order valence-corrected chi connectivity index (χ2v) is 9.58. The zero-order valence-electron chi connectivity index (χ0n) is 20.7. The number of halogens is 3. The van der Waals surface area contributed by atoms with Gasteiger partial charge in [0.1, 0.15) is 11.9 Å². The van der Waals surface area contributed by atoms with Crippen LogP contribution in [0.5, 0.6) is 0 Å². The van der Waals surface area contributed by atoms with Crippen molar-refractivity contribution in [1.29, 1.82) is 0 Å². The van der Waals surface area contributed by atoms with E-state index in [1.807, 2.05) is 4.90 Å². The van der Waals surface area contributed by atoms with Crippen LogP contribution in [0, 0.1) is 5.82 Å². The molecule has 0 unspecified atom stereocenters. The lowest BCUT2D eigenvalue weighted by Gasteiger charge is -2.33. The summed E-state index contributed by atoms with van der Waals surface area (Å²) in [4.78, 5) is 31.5. The minimum absolute atomic E-state index is 0.0120. The molecule has 0 saturated carbocycles. The van der Waals surface area contributed by atoms with Gasteiger partial charge in [-0.05, 0) is 31.7 Å². The predicted molar refractivity (Wildman–Crippen MR) is 130 cm³/mol. The molecule has 1 atom stereocenters. The molecule has 3 fully saturated rings. The van der Waals surface area contributed by atoms with Crippen LogP contribution in [-0.4, -0.2) is 118 Å². The van der Waals surface area contributed by atoms with Crippen molar-refractivity contribution in [3.05, 3.63) is 24.0 Å². The molecule has 3 aliphatic heterocycles. The second-order valence-electron chi connectivity index (χ2n) is 9.58. The number of ketones is 1. The summed E-state index contributed by atoms with van der Waals surface area (Å²) in [7, 11) is 2.14. The standard InChI is InChI=1S/C24H35F3N6O3/c1-29-8-10-30(11-9-29)12-14-32-15-13-31(7-6-28-32)21-4-2-18(16-20(21)25)33-17-19(36-24(33)35)3-5-22(34)23(26)27/h2,4,16,19,23,28H,3,5-15,17H2,1H3/t19-/m0/s1. The van der Waals surface area contributed by atoms with Gasteiger partial charge in [-0.3, -0.25) is 20.0 Å². The quantitative estimate of drug-likeness (QED) is 0.536.